The first-order chi connectivity index (χ1) is 10.1. The third-order valence-corrected chi connectivity index (χ3v) is 4.46. The molecule has 0 spiro atoms. The molecule has 4 amide bonds. The van der Waals surface area contributed by atoms with Crippen molar-refractivity contribution >= 4 is 17.8 Å². The second-order valence-corrected chi connectivity index (χ2v) is 5.95. The molecule has 7 heteroatoms. The van der Waals surface area contributed by atoms with Gasteiger partial charge in [-0.3, -0.25) is 14.5 Å². The largest absolute Gasteiger partial charge is 0.375 e. The number of likely N-dealkylation sites (tertiary alicyclic amines) is 1. The number of nitrogens with zero attached hydrogens (tertiary/aromatic N) is 3. The van der Waals surface area contributed by atoms with Gasteiger partial charge >= 0.3 is 6.03 Å². The van der Waals surface area contributed by atoms with Gasteiger partial charge in [0, 0.05) is 32.3 Å². The second-order valence-electron chi connectivity index (χ2n) is 5.95. The number of piperidine rings is 1. The predicted octanol–water partition coefficient (Wildman–Crippen LogP) is 0.0504. The first-order valence-corrected chi connectivity index (χ1v) is 7.51. The molecule has 0 unspecified atom stereocenters. The van der Waals surface area contributed by atoms with Crippen molar-refractivity contribution in [1.82, 2.24) is 14.7 Å². The normalized spacial score (nSPS) is 24.1. The first kappa shape index (κ1) is 14.3. The highest BCUT2D eigenvalue weighted by atomic mass is 16.5. The number of carbonyl (C=O) groups is 3. The van der Waals surface area contributed by atoms with Gasteiger partial charge in [0.1, 0.15) is 13.2 Å². The van der Waals surface area contributed by atoms with E-state index in [1.54, 1.807) is 9.80 Å². The van der Waals surface area contributed by atoms with Crippen molar-refractivity contribution in [3.05, 3.63) is 0 Å². The molecule has 0 N–H and O–H groups in total. The monoisotopic (exact) mass is 295 g/mol. The van der Waals surface area contributed by atoms with Crippen molar-refractivity contribution in [2.45, 2.75) is 37.8 Å². The molecule has 2 saturated heterocycles. The molecule has 116 valence electrons. The summed E-state index contributed by atoms with van der Waals surface area (Å²) in [5.74, 6) is -0.0835. The minimum Gasteiger partial charge on any atom is -0.375 e. The van der Waals surface area contributed by atoms with Crippen molar-refractivity contribution in [3.8, 4) is 0 Å². The highest BCUT2D eigenvalue weighted by Crippen LogP contribution is 2.32. The summed E-state index contributed by atoms with van der Waals surface area (Å²) in [5.41, 5.74) is 0. The maximum Gasteiger partial charge on any atom is 0.327 e. The Hall–Kier alpha value is -1.63. The van der Waals surface area contributed by atoms with Crippen LogP contribution in [0.4, 0.5) is 4.79 Å². The van der Waals surface area contributed by atoms with Crippen LogP contribution in [0, 0.1) is 0 Å². The lowest BCUT2D eigenvalue weighted by Gasteiger charge is -2.36. The molecule has 0 aromatic rings. The SMILES string of the molecule is COCC(=O)N1CCC(N2CC(=O)N(C3CC3)C2=O)CC1. The van der Waals surface area contributed by atoms with E-state index < -0.39 is 0 Å². The molecule has 1 aliphatic carbocycles. The van der Waals surface area contributed by atoms with Gasteiger partial charge in [-0.25, -0.2) is 4.79 Å². The third kappa shape index (κ3) is 2.74. The number of urea groups is 1. The number of hydrogen-bond donors (Lipinski definition) is 0. The second kappa shape index (κ2) is 5.63. The van der Waals surface area contributed by atoms with Crippen LogP contribution in [0.3, 0.4) is 0 Å². The average molecular weight is 295 g/mol. The number of hydrogen-bond acceptors (Lipinski definition) is 4. The number of amides is 4. The lowest BCUT2D eigenvalue weighted by Crippen LogP contribution is -2.48. The van der Waals surface area contributed by atoms with Crippen molar-refractivity contribution < 1.29 is 19.1 Å². The molecular weight excluding hydrogens is 274 g/mol. The van der Waals surface area contributed by atoms with E-state index in [0.29, 0.717) is 13.1 Å². The van der Waals surface area contributed by atoms with E-state index in [2.05, 4.69) is 0 Å². The van der Waals surface area contributed by atoms with Crippen LogP contribution in [0.5, 0.6) is 0 Å². The van der Waals surface area contributed by atoms with Crippen LogP contribution in [0.2, 0.25) is 0 Å². The van der Waals surface area contributed by atoms with E-state index in [0.717, 1.165) is 25.7 Å². The summed E-state index contributed by atoms with van der Waals surface area (Å²) in [5, 5.41) is 0. The summed E-state index contributed by atoms with van der Waals surface area (Å²) in [4.78, 5) is 40.9. The molecule has 2 heterocycles. The molecule has 0 bridgehead atoms. The fourth-order valence-corrected chi connectivity index (χ4v) is 3.15. The van der Waals surface area contributed by atoms with Crippen molar-refractivity contribution in [2.24, 2.45) is 0 Å². The van der Waals surface area contributed by atoms with E-state index in [1.165, 1.54) is 12.0 Å². The molecule has 0 aromatic carbocycles. The number of carbonyl (C=O) groups excluding carboxylic acids is 3. The Kier molecular flexibility index (Phi) is 3.84. The minimum atomic E-state index is -0.135. The van der Waals surface area contributed by atoms with Gasteiger partial charge in [0.15, 0.2) is 0 Å². The molecule has 3 aliphatic rings. The van der Waals surface area contributed by atoms with Crippen molar-refractivity contribution in [1.29, 1.82) is 0 Å². The Labute approximate surface area is 123 Å². The van der Waals surface area contributed by atoms with Gasteiger partial charge in [0.05, 0.1) is 0 Å². The van der Waals surface area contributed by atoms with Gasteiger partial charge in [-0.15, -0.1) is 0 Å². The Morgan fingerprint density at radius 1 is 1.14 bits per heavy atom. The van der Waals surface area contributed by atoms with E-state index in [9.17, 15) is 14.4 Å². The maximum absolute atomic E-state index is 12.3. The summed E-state index contributed by atoms with van der Waals surface area (Å²) in [7, 11) is 1.51. The van der Waals surface area contributed by atoms with Crippen molar-refractivity contribution in [3.63, 3.8) is 0 Å². The zero-order valence-electron chi connectivity index (χ0n) is 12.3. The Morgan fingerprint density at radius 2 is 1.81 bits per heavy atom. The minimum absolute atomic E-state index is 0.0145. The van der Waals surface area contributed by atoms with Gasteiger partial charge in [0.2, 0.25) is 5.91 Å². The van der Waals surface area contributed by atoms with Gasteiger partial charge in [-0.05, 0) is 25.7 Å². The predicted molar refractivity (Wildman–Crippen MR) is 73.4 cm³/mol. The number of ether oxygens (including phenoxy) is 1. The summed E-state index contributed by atoms with van der Waals surface area (Å²) < 4.78 is 4.85. The molecule has 3 rings (SSSR count). The third-order valence-electron chi connectivity index (χ3n) is 4.46. The fraction of sp³-hybridized carbons (Fsp3) is 0.786. The van der Waals surface area contributed by atoms with Crippen LogP contribution in [0.25, 0.3) is 0 Å². The topological polar surface area (TPSA) is 70.2 Å². The Balaban J connectivity index is 1.56. The maximum atomic E-state index is 12.3. The number of methoxy groups -OCH3 is 1. The molecule has 21 heavy (non-hydrogen) atoms. The van der Waals surface area contributed by atoms with E-state index >= 15 is 0 Å². The van der Waals surface area contributed by atoms with Gasteiger partial charge < -0.3 is 14.5 Å². The van der Waals surface area contributed by atoms with Gasteiger partial charge in [0.25, 0.3) is 5.91 Å². The van der Waals surface area contributed by atoms with Gasteiger partial charge in [-0.1, -0.05) is 0 Å². The summed E-state index contributed by atoms with van der Waals surface area (Å²) >= 11 is 0. The highest BCUT2D eigenvalue weighted by Gasteiger charge is 2.47. The van der Waals surface area contributed by atoms with Crippen LogP contribution in [-0.4, -0.2) is 78.0 Å². The Bertz CT molecular complexity index is 455. The molecule has 3 fully saturated rings. The summed E-state index contributed by atoms with van der Waals surface area (Å²) in [6.45, 7) is 1.54. The fourth-order valence-electron chi connectivity index (χ4n) is 3.15. The van der Waals surface area contributed by atoms with Crippen LogP contribution in [-0.2, 0) is 14.3 Å². The van der Waals surface area contributed by atoms with Crippen LogP contribution in [0.1, 0.15) is 25.7 Å². The first-order valence-electron chi connectivity index (χ1n) is 7.51. The molecule has 0 radical (unpaired) electrons. The number of imide groups is 1. The molecule has 0 aromatic heterocycles. The highest BCUT2D eigenvalue weighted by molar-refractivity contribution is 6.02. The quantitative estimate of drug-likeness (QED) is 0.687. The molecule has 7 nitrogen and oxygen atoms in total. The number of rotatable bonds is 4. The Morgan fingerprint density at radius 3 is 2.38 bits per heavy atom. The lowest BCUT2D eigenvalue weighted by molar-refractivity contribution is -0.136. The summed E-state index contributed by atoms with van der Waals surface area (Å²) in [6.07, 6.45) is 3.34. The smallest absolute Gasteiger partial charge is 0.327 e. The van der Waals surface area contributed by atoms with E-state index in [-0.39, 0.29) is 43.1 Å². The van der Waals surface area contributed by atoms with Crippen LogP contribution >= 0.6 is 0 Å². The summed E-state index contributed by atoms with van der Waals surface area (Å²) in [6, 6.07) is 0.0688. The van der Waals surface area contributed by atoms with Crippen molar-refractivity contribution in [2.75, 3.05) is 33.4 Å². The van der Waals surface area contributed by atoms with E-state index in [4.69, 9.17) is 4.74 Å². The molecule has 0 atom stereocenters. The van der Waals surface area contributed by atoms with Gasteiger partial charge in [-0.2, -0.15) is 0 Å². The molecular formula is C14H21N3O4. The lowest BCUT2D eigenvalue weighted by atomic mass is 10.0. The average Bonchev–Trinajstić information content (AvgIpc) is 3.25. The standard InChI is InChI=1S/C14H21N3O4/c1-21-9-13(19)15-6-4-10(5-7-15)16-8-12(18)17(14(16)20)11-2-3-11/h10-11H,2-9H2,1H3. The van der Waals surface area contributed by atoms with E-state index in [1.807, 2.05) is 0 Å². The van der Waals surface area contributed by atoms with Crippen LogP contribution < -0.4 is 0 Å². The zero-order valence-corrected chi connectivity index (χ0v) is 12.3. The molecule has 2 aliphatic heterocycles. The zero-order chi connectivity index (χ0) is 15.0. The van der Waals surface area contributed by atoms with Crippen LogP contribution in [0.15, 0.2) is 0 Å². The molecule has 1 saturated carbocycles.